The molecule has 1 aromatic rings. The first-order valence-electron chi connectivity index (χ1n) is 5.60. The Bertz CT molecular complexity index is 395. The Kier molecular flexibility index (Phi) is 4.76. The molecule has 0 amide bonds. The topological polar surface area (TPSA) is 38.3 Å². The van der Waals surface area contributed by atoms with Crippen LogP contribution in [0.15, 0.2) is 36.4 Å². The maximum atomic E-state index is 11.4. The Morgan fingerprint density at radius 3 is 2.47 bits per heavy atom. The molecule has 1 atom stereocenters. The summed E-state index contributed by atoms with van der Waals surface area (Å²) in [7, 11) is 1.40. The lowest BCUT2D eigenvalue weighted by Gasteiger charge is -2.11. The quantitative estimate of drug-likeness (QED) is 0.627. The molecule has 0 spiro atoms. The van der Waals surface area contributed by atoms with E-state index in [1.807, 2.05) is 38.1 Å². The zero-order valence-corrected chi connectivity index (χ0v) is 10.6. The number of methoxy groups -OCH3 is 1. The fourth-order valence-electron chi connectivity index (χ4n) is 1.46. The minimum atomic E-state index is -0.227. The van der Waals surface area contributed by atoms with Crippen LogP contribution in [0, 0.1) is 0 Å². The van der Waals surface area contributed by atoms with Gasteiger partial charge in [0.05, 0.1) is 13.0 Å². The van der Waals surface area contributed by atoms with Gasteiger partial charge in [-0.25, -0.2) is 0 Å². The number of esters is 1. The lowest BCUT2D eigenvalue weighted by Crippen LogP contribution is -2.10. The maximum Gasteiger partial charge on any atom is 0.312 e. The zero-order chi connectivity index (χ0) is 12.8. The molecule has 1 rings (SSSR count). The predicted molar refractivity (Wildman–Crippen MR) is 70.2 cm³/mol. The fraction of sp³-hybridized carbons (Fsp3) is 0.357. The largest absolute Gasteiger partial charge is 0.469 e. The standard InChI is InChI=1S/C14H19NO2/c1-10(2)9-15-13-7-5-12(6-8-13)11(3)14(16)17-4/h5-8,11,15H,1,9H2,2-4H3. The summed E-state index contributed by atoms with van der Waals surface area (Å²) in [5, 5.41) is 3.24. The second-order valence-corrected chi connectivity index (χ2v) is 4.18. The second-order valence-electron chi connectivity index (χ2n) is 4.18. The molecule has 3 heteroatoms. The van der Waals surface area contributed by atoms with Gasteiger partial charge in [-0.3, -0.25) is 4.79 Å². The number of hydrogen-bond donors (Lipinski definition) is 1. The molecule has 3 nitrogen and oxygen atoms in total. The maximum absolute atomic E-state index is 11.4. The smallest absolute Gasteiger partial charge is 0.312 e. The zero-order valence-electron chi connectivity index (χ0n) is 10.6. The molecule has 92 valence electrons. The summed E-state index contributed by atoms with van der Waals surface area (Å²) in [6.45, 7) is 8.39. The first kappa shape index (κ1) is 13.3. The molecule has 0 saturated heterocycles. The average molecular weight is 233 g/mol. The van der Waals surface area contributed by atoms with Crippen LogP contribution in [-0.4, -0.2) is 19.6 Å². The van der Waals surface area contributed by atoms with Gasteiger partial charge in [-0.15, -0.1) is 0 Å². The molecule has 1 unspecified atom stereocenters. The molecule has 0 saturated carbocycles. The normalized spacial score (nSPS) is 11.7. The SMILES string of the molecule is C=C(C)CNc1ccc(C(C)C(=O)OC)cc1. The van der Waals surface area contributed by atoms with E-state index in [0.29, 0.717) is 0 Å². The average Bonchev–Trinajstić information content (AvgIpc) is 2.35. The van der Waals surface area contributed by atoms with E-state index in [1.165, 1.54) is 7.11 Å². The van der Waals surface area contributed by atoms with Gasteiger partial charge in [0.1, 0.15) is 0 Å². The molecule has 1 aromatic carbocycles. The third-order valence-electron chi connectivity index (χ3n) is 2.56. The van der Waals surface area contributed by atoms with E-state index in [0.717, 1.165) is 23.4 Å². The van der Waals surface area contributed by atoms with Crippen molar-refractivity contribution >= 4 is 11.7 Å². The molecular weight excluding hydrogens is 214 g/mol. The monoisotopic (exact) mass is 233 g/mol. The summed E-state index contributed by atoms with van der Waals surface area (Å²) in [5.41, 5.74) is 3.06. The van der Waals surface area contributed by atoms with E-state index >= 15 is 0 Å². The minimum absolute atomic E-state index is 0.215. The first-order chi connectivity index (χ1) is 8.04. The molecular formula is C14H19NO2. The van der Waals surface area contributed by atoms with E-state index in [2.05, 4.69) is 11.9 Å². The van der Waals surface area contributed by atoms with Crippen molar-refractivity contribution in [1.82, 2.24) is 0 Å². The van der Waals surface area contributed by atoms with Crippen molar-refractivity contribution in [3.63, 3.8) is 0 Å². The van der Waals surface area contributed by atoms with Crippen molar-refractivity contribution in [3.05, 3.63) is 42.0 Å². The molecule has 0 heterocycles. The van der Waals surface area contributed by atoms with Gasteiger partial charge >= 0.3 is 5.97 Å². The van der Waals surface area contributed by atoms with Crippen molar-refractivity contribution in [3.8, 4) is 0 Å². The van der Waals surface area contributed by atoms with Crippen LogP contribution in [0.4, 0.5) is 5.69 Å². The number of carbonyl (C=O) groups excluding carboxylic acids is 1. The van der Waals surface area contributed by atoms with Gasteiger partial charge in [0.2, 0.25) is 0 Å². The van der Waals surface area contributed by atoms with Gasteiger partial charge in [0.25, 0.3) is 0 Å². The molecule has 0 aliphatic carbocycles. The van der Waals surface area contributed by atoms with Crippen LogP contribution in [0.5, 0.6) is 0 Å². The summed E-state index contributed by atoms with van der Waals surface area (Å²) in [4.78, 5) is 11.4. The van der Waals surface area contributed by atoms with E-state index < -0.39 is 0 Å². The number of carbonyl (C=O) groups is 1. The first-order valence-corrected chi connectivity index (χ1v) is 5.60. The van der Waals surface area contributed by atoms with Crippen LogP contribution in [0.1, 0.15) is 25.3 Å². The number of anilines is 1. The molecule has 0 bridgehead atoms. The molecule has 1 N–H and O–H groups in total. The van der Waals surface area contributed by atoms with Crippen LogP contribution in [-0.2, 0) is 9.53 Å². The number of ether oxygens (including phenoxy) is 1. The van der Waals surface area contributed by atoms with E-state index in [9.17, 15) is 4.79 Å². The number of rotatable bonds is 5. The van der Waals surface area contributed by atoms with E-state index in [-0.39, 0.29) is 11.9 Å². The van der Waals surface area contributed by atoms with Gasteiger partial charge in [-0.05, 0) is 31.5 Å². The summed E-state index contributed by atoms with van der Waals surface area (Å²) in [5.74, 6) is -0.442. The highest BCUT2D eigenvalue weighted by Gasteiger charge is 2.14. The fourth-order valence-corrected chi connectivity index (χ4v) is 1.46. The predicted octanol–water partition coefficient (Wildman–Crippen LogP) is 2.95. The van der Waals surface area contributed by atoms with Crippen molar-refractivity contribution in [2.24, 2.45) is 0 Å². The van der Waals surface area contributed by atoms with Gasteiger partial charge < -0.3 is 10.1 Å². The van der Waals surface area contributed by atoms with Crippen LogP contribution < -0.4 is 5.32 Å². The summed E-state index contributed by atoms with van der Waals surface area (Å²) < 4.78 is 4.71. The van der Waals surface area contributed by atoms with Crippen LogP contribution in [0.3, 0.4) is 0 Å². The molecule has 0 aliphatic heterocycles. The van der Waals surface area contributed by atoms with Gasteiger partial charge in [-0.2, -0.15) is 0 Å². The molecule has 0 aliphatic rings. The number of benzene rings is 1. The van der Waals surface area contributed by atoms with E-state index in [1.54, 1.807) is 0 Å². The highest BCUT2D eigenvalue weighted by Crippen LogP contribution is 2.19. The summed E-state index contributed by atoms with van der Waals surface area (Å²) in [6, 6.07) is 7.78. The van der Waals surface area contributed by atoms with Crippen molar-refractivity contribution in [2.75, 3.05) is 19.0 Å². The lowest BCUT2D eigenvalue weighted by atomic mass is 10.0. The summed E-state index contributed by atoms with van der Waals surface area (Å²) >= 11 is 0. The van der Waals surface area contributed by atoms with Crippen LogP contribution in [0.25, 0.3) is 0 Å². The molecule has 17 heavy (non-hydrogen) atoms. The Hall–Kier alpha value is -1.77. The van der Waals surface area contributed by atoms with Crippen LogP contribution >= 0.6 is 0 Å². The van der Waals surface area contributed by atoms with Crippen LogP contribution in [0.2, 0.25) is 0 Å². The third-order valence-corrected chi connectivity index (χ3v) is 2.56. The van der Waals surface area contributed by atoms with Gasteiger partial charge in [0.15, 0.2) is 0 Å². The minimum Gasteiger partial charge on any atom is -0.469 e. The Morgan fingerprint density at radius 1 is 1.41 bits per heavy atom. The molecule has 0 radical (unpaired) electrons. The third kappa shape index (κ3) is 3.94. The van der Waals surface area contributed by atoms with Crippen molar-refractivity contribution in [2.45, 2.75) is 19.8 Å². The van der Waals surface area contributed by atoms with Crippen molar-refractivity contribution in [1.29, 1.82) is 0 Å². The summed E-state index contributed by atoms with van der Waals surface area (Å²) in [6.07, 6.45) is 0. The lowest BCUT2D eigenvalue weighted by molar-refractivity contribution is -0.141. The Balaban J connectivity index is 2.67. The van der Waals surface area contributed by atoms with Crippen molar-refractivity contribution < 1.29 is 9.53 Å². The number of hydrogen-bond acceptors (Lipinski definition) is 3. The molecule has 0 aromatic heterocycles. The van der Waals surface area contributed by atoms with Gasteiger partial charge in [-0.1, -0.05) is 24.3 Å². The Labute approximate surface area is 102 Å². The molecule has 0 fully saturated rings. The highest BCUT2D eigenvalue weighted by molar-refractivity contribution is 5.77. The highest BCUT2D eigenvalue weighted by atomic mass is 16.5. The van der Waals surface area contributed by atoms with Gasteiger partial charge in [0, 0.05) is 12.2 Å². The second kappa shape index (κ2) is 6.09. The van der Waals surface area contributed by atoms with E-state index in [4.69, 9.17) is 4.74 Å². The Morgan fingerprint density at radius 2 is 2.00 bits per heavy atom. The number of nitrogens with one attached hydrogen (secondary N) is 1.